The highest BCUT2D eigenvalue weighted by Gasteiger charge is 2.33. The monoisotopic (exact) mass is 321 g/mol. The van der Waals surface area contributed by atoms with Gasteiger partial charge in [0.2, 0.25) is 5.91 Å². The van der Waals surface area contributed by atoms with Gasteiger partial charge >= 0.3 is 0 Å². The highest BCUT2D eigenvalue weighted by molar-refractivity contribution is 5.79. The highest BCUT2D eigenvalue weighted by Crippen LogP contribution is 2.25. The first kappa shape index (κ1) is 16.4. The molecule has 0 aliphatic carbocycles. The zero-order valence-electron chi connectivity index (χ0n) is 13.3. The lowest BCUT2D eigenvalue weighted by Gasteiger charge is -2.38. The van der Waals surface area contributed by atoms with Gasteiger partial charge in [0.25, 0.3) is 0 Å². The number of carbonyl (C=O) groups is 1. The van der Waals surface area contributed by atoms with Gasteiger partial charge < -0.3 is 14.7 Å². The Kier molecular flexibility index (Phi) is 5.28. The van der Waals surface area contributed by atoms with Crippen molar-refractivity contribution in [3.63, 3.8) is 0 Å². The highest BCUT2D eigenvalue weighted by atomic mass is 19.1. The fraction of sp³-hybridized carbons (Fsp3) is 0.611. The van der Waals surface area contributed by atoms with Crippen molar-refractivity contribution in [1.82, 2.24) is 4.90 Å². The molecule has 2 heterocycles. The summed E-state index contributed by atoms with van der Waals surface area (Å²) in [6.07, 6.45) is 2.41. The second-order valence-electron chi connectivity index (χ2n) is 6.62. The first-order valence-corrected chi connectivity index (χ1v) is 8.42. The summed E-state index contributed by atoms with van der Waals surface area (Å²) >= 11 is 0. The maximum Gasteiger partial charge on any atom is 0.225 e. The Hall–Kier alpha value is -1.46. The fourth-order valence-corrected chi connectivity index (χ4v) is 3.59. The van der Waals surface area contributed by atoms with Crippen LogP contribution in [0.15, 0.2) is 24.3 Å². The van der Waals surface area contributed by atoms with E-state index in [1.807, 2.05) is 6.07 Å². The number of halogens is 1. The summed E-state index contributed by atoms with van der Waals surface area (Å²) < 4.78 is 18.6. The summed E-state index contributed by atoms with van der Waals surface area (Å²) in [7, 11) is 0. The predicted molar refractivity (Wildman–Crippen MR) is 84.3 cm³/mol. The normalized spacial score (nSPS) is 26.3. The van der Waals surface area contributed by atoms with Crippen LogP contribution in [0.1, 0.15) is 24.8 Å². The average Bonchev–Trinajstić information content (AvgIpc) is 2.57. The minimum atomic E-state index is -0.546. The first-order chi connectivity index (χ1) is 11.1. The predicted octanol–water partition coefficient (Wildman–Crippen LogP) is 2.00. The minimum absolute atomic E-state index is 0.0377. The minimum Gasteiger partial charge on any atom is -0.391 e. The van der Waals surface area contributed by atoms with Crippen LogP contribution in [-0.4, -0.2) is 48.3 Å². The number of hydrogen-bond donors (Lipinski definition) is 1. The Bertz CT molecular complexity index is 545. The molecule has 1 aromatic carbocycles. The van der Waals surface area contributed by atoms with E-state index < -0.39 is 6.10 Å². The number of amides is 1. The Labute approximate surface area is 136 Å². The van der Waals surface area contributed by atoms with Crippen molar-refractivity contribution >= 4 is 5.91 Å². The van der Waals surface area contributed by atoms with Crippen LogP contribution in [0.2, 0.25) is 0 Å². The van der Waals surface area contributed by atoms with Gasteiger partial charge in [0, 0.05) is 32.2 Å². The smallest absolute Gasteiger partial charge is 0.225 e. The molecule has 2 aliphatic rings. The zero-order valence-corrected chi connectivity index (χ0v) is 13.3. The van der Waals surface area contributed by atoms with Crippen LogP contribution in [-0.2, 0) is 16.0 Å². The number of rotatable bonds is 3. The molecular weight excluding hydrogens is 297 g/mol. The lowest BCUT2D eigenvalue weighted by Crippen LogP contribution is -2.49. The molecular formula is C18H24FNO3. The fourth-order valence-electron chi connectivity index (χ4n) is 3.59. The van der Waals surface area contributed by atoms with E-state index in [2.05, 4.69) is 0 Å². The van der Waals surface area contributed by atoms with Gasteiger partial charge in [-0.3, -0.25) is 4.79 Å². The third kappa shape index (κ3) is 4.09. The number of aliphatic hydroxyl groups excluding tert-OH is 1. The van der Waals surface area contributed by atoms with Crippen molar-refractivity contribution in [3.05, 3.63) is 35.6 Å². The summed E-state index contributed by atoms with van der Waals surface area (Å²) in [5.41, 5.74) is 0.901. The third-order valence-corrected chi connectivity index (χ3v) is 4.99. The Morgan fingerprint density at radius 3 is 2.78 bits per heavy atom. The van der Waals surface area contributed by atoms with Gasteiger partial charge in [-0.2, -0.15) is 0 Å². The van der Waals surface area contributed by atoms with Gasteiger partial charge in [-0.1, -0.05) is 12.1 Å². The van der Waals surface area contributed by atoms with Gasteiger partial charge in [0.05, 0.1) is 6.10 Å². The summed E-state index contributed by atoms with van der Waals surface area (Å²) in [5, 5.41) is 10.4. The number of ether oxygens (including phenoxy) is 1. The molecule has 0 spiro atoms. The second kappa shape index (κ2) is 7.41. The maximum absolute atomic E-state index is 13.3. The average molecular weight is 321 g/mol. The number of piperidine rings is 1. The Morgan fingerprint density at radius 1 is 1.30 bits per heavy atom. The number of β-amino-alcohol motifs (C(OH)–C–C–N with tert-alkyl or cyclic N) is 1. The van der Waals surface area contributed by atoms with Crippen LogP contribution in [0.25, 0.3) is 0 Å². The van der Waals surface area contributed by atoms with E-state index in [1.165, 1.54) is 12.1 Å². The van der Waals surface area contributed by atoms with Crippen molar-refractivity contribution in [2.24, 2.45) is 11.8 Å². The maximum atomic E-state index is 13.3. The zero-order chi connectivity index (χ0) is 16.2. The number of aliphatic hydroxyl groups is 1. The molecule has 2 atom stereocenters. The lowest BCUT2D eigenvalue weighted by atomic mass is 9.87. The Morgan fingerprint density at radius 2 is 2.09 bits per heavy atom. The molecule has 0 aromatic heterocycles. The molecule has 0 radical (unpaired) electrons. The van der Waals surface area contributed by atoms with Crippen molar-refractivity contribution in [2.45, 2.75) is 31.8 Å². The van der Waals surface area contributed by atoms with E-state index in [0.717, 1.165) is 24.8 Å². The molecule has 23 heavy (non-hydrogen) atoms. The van der Waals surface area contributed by atoms with E-state index in [-0.39, 0.29) is 23.6 Å². The van der Waals surface area contributed by atoms with Gasteiger partial charge in [0.1, 0.15) is 5.82 Å². The summed E-state index contributed by atoms with van der Waals surface area (Å²) in [6.45, 7) is 2.35. The van der Waals surface area contributed by atoms with E-state index in [0.29, 0.717) is 32.7 Å². The Balaban J connectivity index is 1.55. The molecule has 1 amide bonds. The molecule has 0 bridgehead atoms. The topological polar surface area (TPSA) is 49.8 Å². The molecule has 4 nitrogen and oxygen atoms in total. The van der Waals surface area contributed by atoms with Crippen molar-refractivity contribution < 1.29 is 19.0 Å². The molecule has 0 unspecified atom stereocenters. The van der Waals surface area contributed by atoms with Crippen molar-refractivity contribution in [1.29, 1.82) is 0 Å². The number of nitrogens with zero attached hydrogens (tertiary/aromatic N) is 1. The van der Waals surface area contributed by atoms with Crippen LogP contribution in [0.3, 0.4) is 0 Å². The van der Waals surface area contributed by atoms with Crippen LogP contribution in [0.5, 0.6) is 0 Å². The standard InChI is InChI=1S/C18H24FNO3/c19-16-3-1-2-13(11-16)10-15-4-7-20(12-17(15)21)18(22)14-5-8-23-9-6-14/h1-3,11,14-15,17,21H,4-10,12H2/t15-,17-/m1/s1. The molecule has 2 fully saturated rings. The number of likely N-dealkylation sites (tertiary alicyclic amines) is 1. The summed E-state index contributed by atoms with van der Waals surface area (Å²) in [6, 6.07) is 6.53. The number of carbonyl (C=O) groups excluding carboxylic acids is 1. The number of hydrogen-bond acceptors (Lipinski definition) is 3. The van der Waals surface area contributed by atoms with E-state index in [1.54, 1.807) is 11.0 Å². The molecule has 0 saturated carbocycles. The largest absolute Gasteiger partial charge is 0.391 e. The quantitative estimate of drug-likeness (QED) is 0.926. The molecule has 2 saturated heterocycles. The van der Waals surface area contributed by atoms with E-state index >= 15 is 0 Å². The van der Waals surface area contributed by atoms with Gasteiger partial charge in [-0.15, -0.1) is 0 Å². The van der Waals surface area contributed by atoms with Crippen LogP contribution >= 0.6 is 0 Å². The van der Waals surface area contributed by atoms with E-state index in [9.17, 15) is 14.3 Å². The van der Waals surface area contributed by atoms with Gasteiger partial charge in [-0.05, 0) is 49.3 Å². The molecule has 3 rings (SSSR count). The SMILES string of the molecule is O=C(C1CCOCC1)N1CC[C@H](Cc2cccc(F)c2)[C@H](O)C1. The van der Waals surface area contributed by atoms with Crippen LogP contribution in [0.4, 0.5) is 4.39 Å². The van der Waals surface area contributed by atoms with Gasteiger partial charge in [0.15, 0.2) is 0 Å². The molecule has 126 valence electrons. The second-order valence-corrected chi connectivity index (χ2v) is 6.62. The summed E-state index contributed by atoms with van der Waals surface area (Å²) in [4.78, 5) is 14.3. The van der Waals surface area contributed by atoms with Crippen molar-refractivity contribution in [2.75, 3.05) is 26.3 Å². The van der Waals surface area contributed by atoms with Crippen LogP contribution in [0, 0.1) is 17.7 Å². The first-order valence-electron chi connectivity index (χ1n) is 8.42. The summed E-state index contributed by atoms with van der Waals surface area (Å²) in [5.74, 6) is 0.0203. The molecule has 2 aliphatic heterocycles. The van der Waals surface area contributed by atoms with Gasteiger partial charge in [-0.25, -0.2) is 4.39 Å². The number of benzene rings is 1. The van der Waals surface area contributed by atoms with E-state index in [4.69, 9.17) is 4.74 Å². The lowest BCUT2D eigenvalue weighted by molar-refractivity contribution is -0.143. The molecule has 5 heteroatoms. The van der Waals surface area contributed by atoms with Crippen molar-refractivity contribution in [3.8, 4) is 0 Å². The molecule has 1 N–H and O–H groups in total. The molecule has 1 aromatic rings. The van der Waals surface area contributed by atoms with Crippen LogP contribution < -0.4 is 0 Å². The third-order valence-electron chi connectivity index (χ3n) is 4.99.